The van der Waals surface area contributed by atoms with Gasteiger partial charge in [0.25, 0.3) is 0 Å². The van der Waals surface area contributed by atoms with Gasteiger partial charge in [-0.25, -0.2) is 13.2 Å². The Kier molecular flexibility index (Phi) is 3.02. The maximum absolute atomic E-state index is 11.0. The van der Waals surface area contributed by atoms with E-state index in [1.54, 1.807) is 0 Å². The molecule has 0 bridgehead atoms. The Morgan fingerprint density at radius 1 is 1.46 bits per heavy atom. The molecule has 1 fully saturated rings. The van der Waals surface area contributed by atoms with E-state index in [0.29, 0.717) is 0 Å². The van der Waals surface area contributed by atoms with Crippen LogP contribution in [-0.4, -0.2) is 44.7 Å². The lowest BCUT2D eigenvalue weighted by Gasteiger charge is -2.11. The zero-order valence-corrected chi connectivity index (χ0v) is 8.47. The van der Waals surface area contributed by atoms with Crippen molar-refractivity contribution in [2.24, 2.45) is 0 Å². The summed E-state index contributed by atoms with van der Waals surface area (Å²) in [6, 6.07) is 0. The highest BCUT2D eigenvalue weighted by Gasteiger charge is 2.39. The molecule has 1 aliphatic heterocycles. The summed E-state index contributed by atoms with van der Waals surface area (Å²) < 4.78 is 30.9. The molecule has 0 spiro atoms. The molecular formula is C6H9ClO5S. The van der Waals surface area contributed by atoms with Gasteiger partial charge < -0.3 is 9.47 Å². The average molecular weight is 229 g/mol. The van der Waals surface area contributed by atoms with Crippen molar-refractivity contribution in [3.05, 3.63) is 0 Å². The van der Waals surface area contributed by atoms with E-state index in [4.69, 9.17) is 11.6 Å². The molecular weight excluding hydrogens is 220 g/mol. The Morgan fingerprint density at radius 2 is 2.08 bits per heavy atom. The maximum Gasteiger partial charge on any atom is 0.508 e. The van der Waals surface area contributed by atoms with Crippen LogP contribution in [0.4, 0.5) is 4.79 Å². The topological polar surface area (TPSA) is 69.7 Å². The molecule has 0 aromatic rings. The molecule has 7 heteroatoms. The summed E-state index contributed by atoms with van der Waals surface area (Å²) in [5.41, 5.74) is 0. The van der Waals surface area contributed by atoms with Crippen LogP contribution >= 0.6 is 11.6 Å². The Balaban J connectivity index is 2.59. The van der Waals surface area contributed by atoms with Crippen LogP contribution < -0.4 is 0 Å². The van der Waals surface area contributed by atoms with Gasteiger partial charge in [0.1, 0.15) is 6.10 Å². The molecule has 5 nitrogen and oxygen atoms in total. The van der Waals surface area contributed by atoms with Crippen molar-refractivity contribution in [2.45, 2.75) is 11.5 Å². The predicted molar refractivity (Wildman–Crippen MR) is 45.6 cm³/mol. The number of sulfone groups is 1. The molecule has 1 aliphatic rings. The van der Waals surface area contributed by atoms with E-state index in [0.717, 1.165) is 7.11 Å². The number of rotatable bonds is 1. The number of ether oxygens (including phenoxy) is 2. The van der Waals surface area contributed by atoms with Crippen LogP contribution in [-0.2, 0) is 19.3 Å². The van der Waals surface area contributed by atoms with Crippen molar-refractivity contribution in [1.29, 1.82) is 0 Å². The molecule has 0 unspecified atom stereocenters. The lowest BCUT2D eigenvalue weighted by molar-refractivity contribution is 0.0469. The second-order valence-electron chi connectivity index (χ2n) is 2.70. The van der Waals surface area contributed by atoms with Gasteiger partial charge in [-0.15, -0.1) is 11.6 Å². The van der Waals surface area contributed by atoms with Gasteiger partial charge in [-0.3, -0.25) is 0 Å². The number of hydrogen-bond donors (Lipinski definition) is 0. The smallest absolute Gasteiger partial charge is 0.438 e. The summed E-state index contributed by atoms with van der Waals surface area (Å²) in [7, 11) is -2.02. The fourth-order valence-corrected chi connectivity index (χ4v) is 3.51. The minimum absolute atomic E-state index is 0.157. The number of halogens is 1. The van der Waals surface area contributed by atoms with Crippen LogP contribution in [0.3, 0.4) is 0 Å². The van der Waals surface area contributed by atoms with Crippen LogP contribution in [0.5, 0.6) is 0 Å². The third-order valence-electron chi connectivity index (χ3n) is 1.65. The van der Waals surface area contributed by atoms with E-state index in [1.165, 1.54) is 0 Å². The van der Waals surface area contributed by atoms with Crippen molar-refractivity contribution < 1.29 is 22.7 Å². The number of carbonyl (C=O) groups excluding carboxylic acids is 1. The zero-order chi connectivity index (χ0) is 10.1. The molecule has 0 aromatic heterocycles. The minimum Gasteiger partial charge on any atom is -0.438 e. The Labute approximate surface area is 80.9 Å². The summed E-state index contributed by atoms with van der Waals surface area (Å²) in [6.07, 6.45) is -1.70. The largest absolute Gasteiger partial charge is 0.508 e. The molecule has 0 aliphatic carbocycles. The van der Waals surface area contributed by atoms with E-state index in [2.05, 4.69) is 9.47 Å². The second-order valence-corrected chi connectivity index (χ2v) is 5.42. The van der Waals surface area contributed by atoms with E-state index >= 15 is 0 Å². The van der Waals surface area contributed by atoms with E-state index in [1.807, 2.05) is 0 Å². The van der Waals surface area contributed by atoms with Crippen LogP contribution in [0.15, 0.2) is 0 Å². The average Bonchev–Trinajstić information content (AvgIpc) is 2.24. The summed E-state index contributed by atoms with van der Waals surface area (Å²) in [5.74, 6) is -0.382. The van der Waals surface area contributed by atoms with Crippen LogP contribution in [0.25, 0.3) is 0 Å². The number of methoxy groups -OCH3 is 1. The Hall–Kier alpha value is -0.490. The van der Waals surface area contributed by atoms with Gasteiger partial charge in [0.2, 0.25) is 0 Å². The first kappa shape index (κ1) is 10.6. The summed E-state index contributed by atoms with van der Waals surface area (Å²) in [6.45, 7) is 0. The highest BCUT2D eigenvalue weighted by molar-refractivity contribution is 7.91. The van der Waals surface area contributed by atoms with Gasteiger partial charge in [0.05, 0.1) is 24.0 Å². The van der Waals surface area contributed by atoms with Crippen LogP contribution in [0, 0.1) is 0 Å². The van der Waals surface area contributed by atoms with Gasteiger partial charge in [-0.05, 0) is 0 Å². The standard InChI is InChI=1S/C6H9ClO5S/c1-11-6(8)12-5-3-13(9,10)2-4(5)7/h4-5H,2-3H2,1H3/t4-,5-/m0/s1. The van der Waals surface area contributed by atoms with E-state index in [9.17, 15) is 13.2 Å². The zero-order valence-electron chi connectivity index (χ0n) is 6.90. The fraction of sp³-hybridized carbons (Fsp3) is 0.833. The minimum atomic E-state index is -3.16. The number of hydrogen-bond acceptors (Lipinski definition) is 5. The van der Waals surface area contributed by atoms with E-state index in [-0.39, 0.29) is 11.5 Å². The molecule has 0 N–H and O–H groups in total. The van der Waals surface area contributed by atoms with Gasteiger partial charge in [-0.2, -0.15) is 0 Å². The molecule has 0 saturated carbocycles. The van der Waals surface area contributed by atoms with Gasteiger partial charge in [0.15, 0.2) is 9.84 Å². The molecule has 1 rings (SSSR count). The third kappa shape index (κ3) is 2.73. The van der Waals surface area contributed by atoms with Gasteiger partial charge in [0, 0.05) is 0 Å². The van der Waals surface area contributed by atoms with Gasteiger partial charge >= 0.3 is 6.16 Å². The molecule has 13 heavy (non-hydrogen) atoms. The quantitative estimate of drug-likeness (QED) is 0.473. The highest BCUT2D eigenvalue weighted by Crippen LogP contribution is 2.21. The molecule has 0 amide bonds. The maximum atomic E-state index is 11.0. The molecule has 76 valence electrons. The van der Waals surface area contributed by atoms with Crippen molar-refractivity contribution in [3.63, 3.8) is 0 Å². The Bertz CT molecular complexity index is 298. The van der Waals surface area contributed by atoms with Crippen molar-refractivity contribution >= 4 is 27.6 Å². The predicted octanol–water partition coefficient (Wildman–Crippen LogP) is 0.174. The highest BCUT2D eigenvalue weighted by atomic mass is 35.5. The number of carbonyl (C=O) groups is 1. The van der Waals surface area contributed by atoms with E-state index < -0.39 is 27.5 Å². The molecule has 0 radical (unpaired) electrons. The lowest BCUT2D eigenvalue weighted by Crippen LogP contribution is -2.26. The summed E-state index contributed by atoms with van der Waals surface area (Å²) in [5, 5.41) is -0.677. The Morgan fingerprint density at radius 3 is 2.46 bits per heavy atom. The van der Waals surface area contributed by atoms with Crippen molar-refractivity contribution in [2.75, 3.05) is 18.6 Å². The second kappa shape index (κ2) is 3.71. The number of alkyl halides is 1. The normalized spacial score (nSPS) is 31.2. The van der Waals surface area contributed by atoms with Crippen LogP contribution in [0.2, 0.25) is 0 Å². The fourth-order valence-electron chi connectivity index (χ4n) is 1.05. The third-order valence-corrected chi connectivity index (χ3v) is 3.97. The summed E-state index contributed by atoms with van der Waals surface area (Å²) in [4.78, 5) is 10.6. The molecule has 1 heterocycles. The SMILES string of the molecule is COC(=O)O[C@H]1CS(=O)(=O)C[C@@H]1Cl. The van der Waals surface area contributed by atoms with Gasteiger partial charge in [-0.1, -0.05) is 0 Å². The lowest BCUT2D eigenvalue weighted by atomic mass is 10.3. The summed E-state index contributed by atoms with van der Waals surface area (Å²) >= 11 is 5.65. The monoisotopic (exact) mass is 228 g/mol. The van der Waals surface area contributed by atoms with Crippen molar-refractivity contribution in [3.8, 4) is 0 Å². The van der Waals surface area contributed by atoms with Crippen LogP contribution in [0.1, 0.15) is 0 Å². The molecule has 0 aromatic carbocycles. The first-order chi connectivity index (χ1) is 5.94. The molecule has 1 saturated heterocycles. The first-order valence-electron chi connectivity index (χ1n) is 3.54. The van der Waals surface area contributed by atoms with Crippen molar-refractivity contribution in [1.82, 2.24) is 0 Å². The molecule has 2 atom stereocenters. The first-order valence-corrected chi connectivity index (χ1v) is 5.79.